The monoisotopic (exact) mass is 327 g/mol. The van der Waals surface area contributed by atoms with Crippen molar-refractivity contribution in [1.29, 1.82) is 0 Å². The van der Waals surface area contributed by atoms with Gasteiger partial charge in [0.05, 0.1) is 6.04 Å². The number of likely N-dealkylation sites (tertiary alicyclic amines) is 2. The molecule has 0 spiro atoms. The lowest BCUT2D eigenvalue weighted by Crippen LogP contribution is -2.44. The molecule has 1 aromatic heterocycles. The van der Waals surface area contributed by atoms with Gasteiger partial charge in [-0.05, 0) is 50.2 Å². The Labute approximate surface area is 143 Å². The van der Waals surface area contributed by atoms with E-state index in [0.717, 1.165) is 63.7 Å². The van der Waals surface area contributed by atoms with E-state index in [1.54, 1.807) is 6.20 Å². The summed E-state index contributed by atoms with van der Waals surface area (Å²) in [5.74, 6) is 0.950. The summed E-state index contributed by atoms with van der Waals surface area (Å²) in [5.41, 5.74) is 1.14. The maximum absolute atomic E-state index is 13.0. The summed E-state index contributed by atoms with van der Waals surface area (Å²) in [6.45, 7) is 2.34. The minimum atomic E-state index is 0.0746. The molecule has 5 heteroatoms. The van der Waals surface area contributed by atoms with Gasteiger partial charge in [-0.25, -0.2) is 0 Å². The Kier molecular flexibility index (Phi) is 4.25. The van der Waals surface area contributed by atoms with E-state index in [1.165, 1.54) is 0 Å². The third kappa shape index (κ3) is 3.04. The molecular formula is C19H25N3O2. The third-order valence-corrected chi connectivity index (χ3v) is 5.69. The fraction of sp³-hybridized carbons (Fsp3) is 0.632. The fourth-order valence-electron chi connectivity index (χ4n) is 4.12. The minimum absolute atomic E-state index is 0.0746. The van der Waals surface area contributed by atoms with Crippen LogP contribution in [0.4, 0.5) is 0 Å². The van der Waals surface area contributed by atoms with Gasteiger partial charge in [0.15, 0.2) is 0 Å². The Hall–Kier alpha value is -1.91. The molecule has 1 aliphatic carbocycles. The standard InChI is InChI=1S/C19H25N3O2/c23-18(14-5-6-14)21-11-7-15(8-12-21)19(24)22-10-2-4-17(22)16-3-1-9-20-13-16/h1,3,9,13-15,17H,2,4-8,10-12H2/t17-/m1/s1. The van der Waals surface area contributed by atoms with Crippen molar-refractivity contribution < 1.29 is 9.59 Å². The number of hydrogen-bond donors (Lipinski definition) is 0. The van der Waals surface area contributed by atoms with Gasteiger partial charge in [0, 0.05) is 43.9 Å². The number of aromatic nitrogens is 1. The molecule has 0 N–H and O–H groups in total. The number of pyridine rings is 1. The van der Waals surface area contributed by atoms with Gasteiger partial charge in [0.1, 0.15) is 0 Å². The van der Waals surface area contributed by atoms with Gasteiger partial charge in [0.25, 0.3) is 0 Å². The number of hydrogen-bond acceptors (Lipinski definition) is 3. The molecule has 1 saturated carbocycles. The maximum atomic E-state index is 13.0. The number of rotatable bonds is 3. The quantitative estimate of drug-likeness (QED) is 0.856. The first-order chi connectivity index (χ1) is 11.7. The predicted octanol–water partition coefficient (Wildman–Crippen LogP) is 2.39. The van der Waals surface area contributed by atoms with Crippen LogP contribution < -0.4 is 0 Å². The molecule has 3 aliphatic rings. The number of amides is 2. The lowest BCUT2D eigenvalue weighted by atomic mass is 9.94. The van der Waals surface area contributed by atoms with Crippen molar-refractivity contribution in [2.24, 2.45) is 11.8 Å². The molecule has 0 aromatic carbocycles. The number of carbonyl (C=O) groups excluding carboxylic acids is 2. The van der Waals surface area contributed by atoms with Gasteiger partial charge in [-0.15, -0.1) is 0 Å². The molecule has 2 saturated heterocycles. The number of nitrogens with zero attached hydrogens (tertiary/aromatic N) is 3. The predicted molar refractivity (Wildman–Crippen MR) is 90.0 cm³/mol. The lowest BCUT2D eigenvalue weighted by Gasteiger charge is -2.35. The summed E-state index contributed by atoms with van der Waals surface area (Å²) >= 11 is 0. The summed E-state index contributed by atoms with van der Waals surface area (Å²) < 4.78 is 0. The molecule has 1 aromatic rings. The maximum Gasteiger partial charge on any atom is 0.226 e. The Morgan fingerprint density at radius 3 is 2.38 bits per heavy atom. The van der Waals surface area contributed by atoms with E-state index < -0.39 is 0 Å². The van der Waals surface area contributed by atoms with Crippen molar-refractivity contribution in [3.8, 4) is 0 Å². The van der Waals surface area contributed by atoms with Crippen molar-refractivity contribution in [3.63, 3.8) is 0 Å². The van der Waals surface area contributed by atoms with Crippen molar-refractivity contribution in [2.45, 2.75) is 44.6 Å². The molecule has 24 heavy (non-hydrogen) atoms. The van der Waals surface area contributed by atoms with Crippen LogP contribution in [0.25, 0.3) is 0 Å². The number of piperidine rings is 1. The molecule has 4 rings (SSSR count). The van der Waals surface area contributed by atoms with E-state index in [-0.39, 0.29) is 23.8 Å². The zero-order chi connectivity index (χ0) is 16.5. The van der Waals surface area contributed by atoms with E-state index >= 15 is 0 Å². The zero-order valence-electron chi connectivity index (χ0n) is 14.1. The van der Waals surface area contributed by atoms with Gasteiger partial charge in [-0.1, -0.05) is 6.07 Å². The van der Waals surface area contributed by atoms with Crippen LogP contribution >= 0.6 is 0 Å². The van der Waals surface area contributed by atoms with Gasteiger partial charge >= 0.3 is 0 Å². The molecule has 5 nitrogen and oxygen atoms in total. The topological polar surface area (TPSA) is 53.5 Å². The van der Waals surface area contributed by atoms with Crippen LogP contribution in [0, 0.1) is 11.8 Å². The van der Waals surface area contributed by atoms with Gasteiger partial charge < -0.3 is 9.80 Å². The molecule has 2 amide bonds. The molecule has 128 valence electrons. The molecule has 3 heterocycles. The van der Waals surface area contributed by atoms with Crippen LogP contribution in [0.5, 0.6) is 0 Å². The molecule has 3 fully saturated rings. The van der Waals surface area contributed by atoms with Crippen molar-refractivity contribution in [3.05, 3.63) is 30.1 Å². The Morgan fingerprint density at radius 2 is 1.71 bits per heavy atom. The highest BCUT2D eigenvalue weighted by Crippen LogP contribution is 2.35. The second kappa shape index (κ2) is 6.54. The van der Waals surface area contributed by atoms with E-state index in [4.69, 9.17) is 0 Å². The average Bonchev–Trinajstić information content (AvgIpc) is 3.38. The molecule has 0 radical (unpaired) electrons. The molecule has 0 unspecified atom stereocenters. The largest absolute Gasteiger partial charge is 0.342 e. The first kappa shape index (κ1) is 15.6. The summed E-state index contributed by atoms with van der Waals surface area (Å²) in [5, 5.41) is 0. The summed E-state index contributed by atoms with van der Waals surface area (Å²) in [6.07, 6.45) is 9.47. The summed E-state index contributed by atoms with van der Waals surface area (Å²) in [7, 11) is 0. The van der Waals surface area contributed by atoms with E-state index in [1.807, 2.05) is 17.2 Å². The van der Waals surface area contributed by atoms with Crippen molar-refractivity contribution >= 4 is 11.8 Å². The second-order valence-corrected chi connectivity index (χ2v) is 7.35. The van der Waals surface area contributed by atoms with E-state index in [2.05, 4.69) is 16.0 Å². The normalized spacial score (nSPS) is 25.1. The van der Waals surface area contributed by atoms with Gasteiger partial charge in [-0.2, -0.15) is 0 Å². The minimum Gasteiger partial charge on any atom is -0.342 e. The molecular weight excluding hydrogens is 302 g/mol. The Balaban J connectivity index is 1.38. The summed E-state index contributed by atoms with van der Waals surface area (Å²) in [6, 6.07) is 4.19. The van der Waals surface area contributed by atoms with Crippen LogP contribution in [0.1, 0.15) is 50.1 Å². The van der Waals surface area contributed by atoms with Crippen LogP contribution in [0.15, 0.2) is 24.5 Å². The lowest BCUT2D eigenvalue weighted by molar-refractivity contribution is -0.142. The van der Waals surface area contributed by atoms with E-state index in [0.29, 0.717) is 5.91 Å². The molecule has 0 bridgehead atoms. The van der Waals surface area contributed by atoms with Crippen LogP contribution in [-0.4, -0.2) is 46.2 Å². The highest BCUT2D eigenvalue weighted by molar-refractivity contribution is 5.82. The van der Waals surface area contributed by atoms with Gasteiger partial charge in [0.2, 0.25) is 11.8 Å². The molecule has 1 atom stereocenters. The smallest absolute Gasteiger partial charge is 0.226 e. The van der Waals surface area contributed by atoms with Crippen LogP contribution in [-0.2, 0) is 9.59 Å². The SMILES string of the molecule is O=C(C1CC1)N1CCC(C(=O)N2CCC[C@@H]2c2cccnc2)CC1. The summed E-state index contributed by atoms with van der Waals surface area (Å²) in [4.78, 5) is 33.4. The molecule has 2 aliphatic heterocycles. The Bertz CT molecular complexity index is 606. The third-order valence-electron chi connectivity index (χ3n) is 5.69. The van der Waals surface area contributed by atoms with Crippen molar-refractivity contribution in [2.75, 3.05) is 19.6 Å². The number of carbonyl (C=O) groups is 2. The van der Waals surface area contributed by atoms with Crippen LogP contribution in [0.3, 0.4) is 0 Å². The highest BCUT2D eigenvalue weighted by atomic mass is 16.2. The van der Waals surface area contributed by atoms with Crippen molar-refractivity contribution in [1.82, 2.24) is 14.8 Å². The Morgan fingerprint density at radius 1 is 0.958 bits per heavy atom. The fourth-order valence-corrected chi connectivity index (χ4v) is 4.12. The van der Waals surface area contributed by atoms with E-state index in [9.17, 15) is 9.59 Å². The zero-order valence-corrected chi connectivity index (χ0v) is 14.1. The first-order valence-electron chi connectivity index (χ1n) is 9.23. The van der Waals surface area contributed by atoms with Gasteiger partial charge in [-0.3, -0.25) is 14.6 Å². The first-order valence-corrected chi connectivity index (χ1v) is 9.23. The van der Waals surface area contributed by atoms with Crippen LogP contribution in [0.2, 0.25) is 0 Å². The second-order valence-electron chi connectivity index (χ2n) is 7.35. The highest BCUT2D eigenvalue weighted by Gasteiger charge is 2.38. The average molecular weight is 327 g/mol.